The fourth-order valence-corrected chi connectivity index (χ4v) is 4.93. The number of nitrogens with one attached hydrogen (secondary N) is 5. The molecule has 0 fully saturated rings. The second kappa shape index (κ2) is 13.5. The number of aromatic nitrogens is 2. The van der Waals surface area contributed by atoms with Gasteiger partial charge in [-0.15, -0.1) is 0 Å². The zero-order valence-electron chi connectivity index (χ0n) is 23.7. The van der Waals surface area contributed by atoms with Gasteiger partial charge in [-0.3, -0.25) is 14.4 Å². The zero-order valence-corrected chi connectivity index (χ0v) is 23.7. The number of hydrogen-bond acceptors (Lipinski definition) is 7. The molecule has 0 aliphatic carbocycles. The van der Waals surface area contributed by atoms with Crippen LogP contribution in [0.5, 0.6) is 0 Å². The Morgan fingerprint density at radius 1 is 0.721 bits per heavy atom. The summed E-state index contributed by atoms with van der Waals surface area (Å²) < 4.78 is 0. The van der Waals surface area contributed by atoms with Crippen LogP contribution in [0.2, 0.25) is 0 Å². The maximum atomic E-state index is 13.1. The van der Waals surface area contributed by atoms with Gasteiger partial charge in [-0.25, -0.2) is 4.79 Å². The van der Waals surface area contributed by atoms with Crippen LogP contribution in [0.1, 0.15) is 25.0 Å². The highest BCUT2D eigenvalue weighted by molar-refractivity contribution is 5.95. The Balaban J connectivity index is 1.41. The van der Waals surface area contributed by atoms with E-state index < -0.39 is 60.1 Å². The van der Waals surface area contributed by atoms with Gasteiger partial charge in [0.2, 0.25) is 17.7 Å². The number of carbonyl (C=O) groups is 4. The molecule has 2 aromatic heterocycles. The summed E-state index contributed by atoms with van der Waals surface area (Å²) in [7, 11) is 0. The van der Waals surface area contributed by atoms with Gasteiger partial charge < -0.3 is 47.0 Å². The SMILES string of the molecule is CC(O)C(NC(=O)C(N)Cc1c[nH]c2ccccc12)C(=O)NC(C(=O)NC(Cc1c[nH]c2ccccc12)C(=O)O)C(C)O. The lowest BCUT2D eigenvalue weighted by atomic mass is 10.0. The molecule has 13 heteroatoms. The highest BCUT2D eigenvalue weighted by Crippen LogP contribution is 2.20. The molecular weight excluding hydrogens is 556 g/mol. The number of aromatic amines is 2. The van der Waals surface area contributed by atoms with E-state index in [1.165, 1.54) is 13.8 Å². The summed E-state index contributed by atoms with van der Waals surface area (Å²) in [6, 6.07) is 9.23. The molecule has 0 aliphatic rings. The van der Waals surface area contributed by atoms with Crippen molar-refractivity contribution in [1.82, 2.24) is 25.9 Å². The molecule has 0 saturated heterocycles. The van der Waals surface area contributed by atoms with Crippen LogP contribution < -0.4 is 21.7 Å². The summed E-state index contributed by atoms with van der Waals surface area (Å²) in [6.45, 7) is 2.52. The number of aliphatic hydroxyl groups is 2. The standard InChI is InChI=1S/C30H36N6O7/c1-15(37)25(28(40)34-24(30(42)43)12-18-14-33-23-10-6-4-8-20(18)23)36-29(41)26(16(2)38)35-27(39)21(31)11-17-13-32-22-9-5-3-7-19(17)22/h3-10,13-16,21,24-26,32-33,37-38H,11-12,31H2,1-2H3,(H,34,40)(H,35,39)(H,36,41)(H,42,43). The third-order valence-corrected chi connectivity index (χ3v) is 7.29. The van der Waals surface area contributed by atoms with Gasteiger partial charge in [0, 0.05) is 40.6 Å². The molecule has 0 bridgehead atoms. The minimum atomic E-state index is -1.59. The van der Waals surface area contributed by atoms with Gasteiger partial charge in [0.15, 0.2) is 0 Å². The number of para-hydroxylation sites is 2. The van der Waals surface area contributed by atoms with Crippen LogP contribution in [0.4, 0.5) is 0 Å². The molecule has 0 radical (unpaired) electrons. The van der Waals surface area contributed by atoms with E-state index in [2.05, 4.69) is 25.9 Å². The van der Waals surface area contributed by atoms with Gasteiger partial charge in [0.25, 0.3) is 0 Å². The number of aliphatic carboxylic acids is 1. The van der Waals surface area contributed by atoms with Crippen molar-refractivity contribution in [3.05, 3.63) is 72.1 Å². The maximum absolute atomic E-state index is 13.1. The third kappa shape index (κ3) is 7.38. The first-order chi connectivity index (χ1) is 20.5. The fraction of sp³-hybridized carbons (Fsp3) is 0.333. The summed E-state index contributed by atoms with van der Waals surface area (Å²) in [5.41, 5.74) is 9.24. The number of nitrogens with two attached hydrogens (primary N) is 1. The number of carboxylic acids is 1. The largest absolute Gasteiger partial charge is 0.480 e. The van der Waals surface area contributed by atoms with Crippen molar-refractivity contribution < 1.29 is 34.5 Å². The van der Waals surface area contributed by atoms with Gasteiger partial charge in [0.1, 0.15) is 18.1 Å². The second-order valence-electron chi connectivity index (χ2n) is 10.6. The molecule has 4 aromatic rings. The van der Waals surface area contributed by atoms with E-state index in [0.29, 0.717) is 5.56 Å². The molecule has 3 amide bonds. The molecule has 2 aromatic carbocycles. The van der Waals surface area contributed by atoms with E-state index >= 15 is 0 Å². The first-order valence-corrected chi connectivity index (χ1v) is 13.8. The second-order valence-corrected chi connectivity index (χ2v) is 10.6. The topological polar surface area (TPSA) is 223 Å². The van der Waals surface area contributed by atoms with Gasteiger partial charge in [0.05, 0.1) is 18.2 Å². The van der Waals surface area contributed by atoms with Crippen LogP contribution in [-0.2, 0) is 32.0 Å². The van der Waals surface area contributed by atoms with E-state index in [9.17, 15) is 34.5 Å². The smallest absolute Gasteiger partial charge is 0.326 e. The Labute approximate surface area is 246 Å². The van der Waals surface area contributed by atoms with E-state index in [1.54, 1.807) is 18.5 Å². The van der Waals surface area contributed by atoms with E-state index in [1.807, 2.05) is 42.5 Å². The summed E-state index contributed by atoms with van der Waals surface area (Å²) in [6.07, 6.45) is 0.643. The normalized spacial score (nSPS) is 15.7. The summed E-state index contributed by atoms with van der Waals surface area (Å²) in [4.78, 5) is 57.3. The molecular formula is C30H36N6O7. The van der Waals surface area contributed by atoms with E-state index in [4.69, 9.17) is 5.73 Å². The minimum absolute atomic E-state index is 0.0633. The summed E-state index contributed by atoms with van der Waals surface area (Å²) in [5.74, 6) is -3.95. The van der Waals surface area contributed by atoms with Gasteiger partial charge >= 0.3 is 5.97 Å². The number of fused-ring (bicyclic) bond motifs is 2. The molecule has 13 nitrogen and oxygen atoms in total. The molecule has 0 aliphatic heterocycles. The molecule has 0 saturated carbocycles. The van der Waals surface area contributed by atoms with Crippen LogP contribution in [0.15, 0.2) is 60.9 Å². The van der Waals surface area contributed by atoms with Crippen LogP contribution in [-0.4, -0.2) is 85.4 Å². The Morgan fingerprint density at radius 3 is 1.65 bits per heavy atom. The number of amides is 3. The molecule has 0 spiro atoms. The van der Waals surface area contributed by atoms with Crippen LogP contribution in [0.25, 0.3) is 21.8 Å². The van der Waals surface area contributed by atoms with Crippen LogP contribution >= 0.6 is 0 Å². The van der Waals surface area contributed by atoms with E-state index in [0.717, 1.165) is 27.4 Å². The Kier molecular flexibility index (Phi) is 9.80. The first-order valence-electron chi connectivity index (χ1n) is 13.8. The number of aliphatic hydroxyl groups excluding tert-OH is 2. The van der Waals surface area contributed by atoms with Crippen molar-refractivity contribution in [1.29, 1.82) is 0 Å². The third-order valence-electron chi connectivity index (χ3n) is 7.29. The number of carboxylic acid groups (broad SMARTS) is 1. The molecule has 6 atom stereocenters. The lowest BCUT2D eigenvalue weighted by molar-refractivity contribution is -0.143. The average molecular weight is 593 g/mol. The fourth-order valence-electron chi connectivity index (χ4n) is 4.93. The van der Waals surface area contributed by atoms with Gasteiger partial charge in [-0.2, -0.15) is 0 Å². The minimum Gasteiger partial charge on any atom is -0.480 e. The van der Waals surface area contributed by atoms with Crippen molar-refractivity contribution in [2.24, 2.45) is 5.73 Å². The van der Waals surface area contributed by atoms with Gasteiger partial charge in [-0.05, 0) is 43.5 Å². The Bertz CT molecular complexity index is 1610. The van der Waals surface area contributed by atoms with Crippen molar-refractivity contribution in [3.8, 4) is 0 Å². The van der Waals surface area contributed by atoms with Crippen molar-refractivity contribution >= 4 is 45.5 Å². The number of H-pyrrole nitrogens is 2. The zero-order chi connectivity index (χ0) is 31.3. The Hall–Kier alpha value is -4.72. The van der Waals surface area contributed by atoms with Crippen LogP contribution in [0, 0.1) is 0 Å². The monoisotopic (exact) mass is 592 g/mol. The molecule has 4 rings (SSSR count). The summed E-state index contributed by atoms with van der Waals surface area (Å²) in [5, 5.41) is 39.2. The molecule has 2 heterocycles. The van der Waals surface area contributed by atoms with E-state index in [-0.39, 0.29) is 12.8 Å². The molecule has 6 unspecified atom stereocenters. The highest BCUT2D eigenvalue weighted by Gasteiger charge is 2.34. The molecule has 43 heavy (non-hydrogen) atoms. The highest BCUT2D eigenvalue weighted by atomic mass is 16.4. The predicted octanol–water partition coefficient (Wildman–Crippen LogP) is 0.0623. The lowest BCUT2D eigenvalue weighted by Gasteiger charge is -2.27. The number of rotatable bonds is 13. The molecule has 228 valence electrons. The number of carbonyl (C=O) groups excluding carboxylic acids is 3. The Morgan fingerprint density at radius 2 is 1.16 bits per heavy atom. The average Bonchev–Trinajstić information content (AvgIpc) is 3.57. The quantitative estimate of drug-likeness (QED) is 0.103. The first kappa shape index (κ1) is 31.2. The maximum Gasteiger partial charge on any atom is 0.326 e. The summed E-state index contributed by atoms with van der Waals surface area (Å²) >= 11 is 0. The molecule has 10 N–H and O–H groups in total. The van der Waals surface area contributed by atoms with Crippen molar-refractivity contribution in [3.63, 3.8) is 0 Å². The number of benzene rings is 2. The van der Waals surface area contributed by atoms with Crippen LogP contribution in [0.3, 0.4) is 0 Å². The predicted molar refractivity (Wildman–Crippen MR) is 159 cm³/mol. The van der Waals surface area contributed by atoms with Crippen molar-refractivity contribution in [2.75, 3.05) is 0 Å². The van der Waals surface area contributed by atoms with Gasteiger partial charge in [-0.1, -0.05) is 36.4 Å². The number of hydrogen-bond donors (Lipinski definition) is 9. The lowest BCUT2D eigenvalue weighted by Crippen LogP contribution is -2.62. The van der Waals surface area contributed by atoms with Crippen molar-refractivity contribution in [2.45, 2.75) is 63.1 Å².